The molecule has 0 aliphatic heterocycles. The first-order valence-corrected chi connectivity index (χ1v) is 4.74. The minimum absolute atomic E-state index is 0.311. The lowest BCUT2D eigenvalue weighted by Gasteiger charge is -2.22. The van der Waals surface area contributed by atoms with Crippen LogP contribution in [-0.2, 0) is 0 Å². The Morgan fingerprint density at radius 3 is 2.25 bits per heavy atom. The van der Waals surface area contributed by atoms with Crippen LogP contribution in [0.15, 0.2) is 0 Å². The largest absolute Gasteiger partial charge is 0.327 e. The zero-order valence-corrected chi connectivity index (χ0v) is 8.72. The van der Waals surface area contributed by atoms with Crippen molar-refractivity contribution in [2.45, 2.75) is 46.6 Å². The molecule has 0 spiro atoms. The molecule has 0 heterocycles. The summed E-state index contributed by atoms with van der Waals surface area (Å²) in [4.78, 5) is 0. The molecular weight excluding hydrogens is 146 g/mol. The lowest BCUT2D eigenvalue weighted by Crippen LogP contribution is -2.31. The highest BCUT2D eigenvalue weighted by Gasteiger charge is 2.14. The van der Waals surface area contributed by atoms with Gasteiger partial charge in [-0.1, -0.05) is 20.8 Å². The summed E-state index contributed by atoms with van der Waals surface area (Å²) in [5, 5.41) is 0. The Morgan fingerprint density at radius 1 is 1.25 bits per heavy atom. The number of hydrogen-bond donors (Lipinski definition) is 1. The Morgan fingerprint density at radius 2 is 1.83 bits per heavy atom. The van der Waals surface area contributed by atoms with Crippen LogP contribution >= 0.6 is 0 Å². The Kier molecular flexibility index (Phi) is 5.84. The SMILES string of the molecule is CC#CCCC(N)C(C)C(C)C. The average Bonchev–Trinajstić information content (AvgIpc) is 2.03. The highest BCUT2D eigenvalue weighted by atomic mass is 14.6. The van der Waals surface area contributed by atoms with E-state index in [0.29, 0.717) is 17.9 Å². The van der Waals surface area contributed by atoms with E-state index in [-0.39, 0.29) is 0 Å². The van der Waals surface area contributed by atoms with E-state index in [0.717, 1.165) is 12.8 Å². The quantitative estimate of drug-likeness (QED) is 0.639. The summed E-state index contributed by atoms with van der Waals surface area (Å²) in [5.74, 6) is 7.20. The van der Waals surface area contributed by atoms with Gasteiger partial charge in [0, 0.05) is 12.5 Å². The zero-order chi connectivity index (χ0) is 9.56. The maximum absolute atomic E-state index is 5.99. The van der Waals surface area contributed by atoms with Crippen molar-refractivity contribution in [3.05, 3.63) is 0 Å². The molecule has 0 fully saturated rings. The minimum Gasteiger partial charge on any atom is -0.327 e. The van der Waals surface area contributed by atoms with E-state index in [2.05, 4.69) is 32.6 Å². The third-order valence-corrected chi connectivity index (χ3v) is 2.51. The molecule has 0 aromatic carbocycles. The molecule has 1 nitrogen and oxygen atoms in total. The fourth-order valence-corrected chi connectivity index (χ4v) is 1.12. The second kappa shape index (κ2) is 6.08. The van der Waals surface area contributed by atoms with Crippen LogP contribution in [0, 0.1) is 23.7 Å². The van der Waals surface area contributed by atoms with Crippen molar-refractivity contribution < 1.29 is 0 Å². The summed E-state index contributed by atoms with van der Waals surface area (Å²) in [7, 11) is 0. The van der Waals surface area contributed by atoms with Crippen molar-refractivity contribution in [2.75, 3.05) is 0 Å². The van der Waals surface area contributed by atoms with Gasteiger partial charge in [-0.05, 0) is 25.2 Å². The Bertz CT molecular complexity index is 162. The van der Waals surface area contributed by atoms with Crippen molar-refractivity contribution in [1.29, 1.82) is 0 Å². The second-order valence-corrected chi connectivity index (χ2v) is 3.73. The van der Waals surface area contributed by atoms with Crippen molar-refractivity contribution in [3.8, 4) is 11.8 Å². The molecular formula is C11H21N. The second-order valence-electron chi connectivity index (χ2n) is 3.73. The third kappa shape index (κ3) is 4.41. The summed E-state index contributed by atoms with van der Waals surface area (Å²) < 4.78 is 0. The molecule has 0 radical (unpaired) electrons. The normalized spacial score (nSPS) is 15.2. The predicted octanol–water partition coefficient (Wildman–Crippen LogP) is 2.41. The van der Waals surface area contributed by atoms with Crippen LogP contribution in [0.4, 0.5) is 0 Å². The molecule has 0 aliphatic carbocycles. The van der Waals surface area contributed by atoms with Crippen LogP contribution in [0.3, 0.4) is 0 Å². The minimum atomic E-state index is 0.311. The summed E-state index contributed by atoms with van der Waals surface area (Å²) in [6.45, 7) is 8.53. The molecule has 2 unspecified atom stereocenters. The lowest BCUT2D eigenvalue weighted by atomic mass is 9.88. The van der Waals surface area contributed by atoms with E-state index in [9.17, 15) is 0 Å². The molecule has 2 atom stereocenters. The molecule has 0 bridgehead atoms. The van der Waals surface area contributed by atoms with Crippen LogP contribution in [0.1, 0.15) is 40.5 Å². The van der Waals surface area contributed by atoms with Crippen LogP contribution in [0.25, 0.3) is 0 Å². The topological polar surface area (TPSA) is 26.0 Å². The third-order valence-electron chi connectivity index (χ3n) is 2.51. The van der Waals surface area contributed by atoms with Gasteiger partial charge in [0.1, 0.15) is 0 Å². The summed E-state index contributed by atoms with van der Waals surface area (Å²) >= 11 is 0. The van der Waals surface area contributed by atoms with Gasteiger partial charge < -0.3 is 5.73 Å². The van der Waals surface area contributed by atoms with E-state index in [4.69, 9.17) is 5.73 Å². The summed E-state index contributed by atoms with van der Waals surface area (Å²) in [6.07, 6.45) is 1.97. The van der Waals surface area contributed by atoms with Crippen molar-refractivity contribution >= 4 is 0 Å². The van der Waals surface area contributed by atoms with E-state index in [1.54, 1.807) is 0 Å². The maximum Gasteiger partial charge on any atom is 0.0103 e. The first kappa shape index (κ1) is 11.5. The van der Waals surface area contributed by atoms with E-state index in [1.807, 2.05) is 6.92 Å². The van der Waals surface area contributed by atoms with Gasteiger partial charge in [0.15, 0.2) is 0 Å². The first-order valence-electron chi connectivity index (χ1n) is 4.74. The highest BCUT2D eigenvalue weighted by molar-refractivity contribution is 4.95. The molecule has 0 saturated heterocycles. The van der Waals surface area contributed by atoms with Crippen LogP contribution in [0.2, 0.25) is 0 Å². The number of nitrogens with two attached hydrogens (primary N) is 1. The zero-order valence-electron chi connectivity index (χ0n) is 8.72. The monoisotopic (exact) mass is 167 g/mol. The Balaban J connectivity index is 3.68. The van der Waals surface area contributed by atoms with Gasteiger partial charge in [-0.25, -0.2) is 0 Å². The van der Waals surface area contributed by atoms with E-state index >= 15 is 0 Å². The highest BCUT2D eigenvalue weighted by Crippen LogP contribution is 2.15. The van der Waals surface area contributed by atoms with Gasteiger partial charge in [0.2, 0.25) is 0 Å². The first-order chi connectivity index (χ1) is 5.59. The maximum atomic E-state index is 5.99. The van der Waals surface area contributed by atoms with Gasteiger partial charge in [-0.3, -0.25) is 0 Å². The van der Waals surface area contributed by atoms with Gasteiger partial charge in [0.25, 0.3) is 0 Å². The standard InChI is InChI=1S/C11H21N/c1-5-6-7-8-11(12)10(4)9(2)3/h9-11H,7-8,12H2,1-4H3. The van der Waals surface area contributed by atoms with Gasteiger partial charge in [-0.15, -0.1) is 11.8 Å². The van der Waals surface area contributed by atoms with Crippen molar-refractivity contribution in [2.24, 2.45) is 17.6 Å². The molecule has 12 heavy (non-hydrogen) atoms. The molecule has 1 heteroatoms. The molecule has 0 aromatic heterocycles. The number of rotatable bonds is 4. The lowest BCUT2D eigenvalue weighted by molar-refractivity contribution is 0.335. The van der Waals surface area contributed by atoms with Crippen LogP contribution in [-0.4, -0.2) is 6.04 Å². The van der Waals surface area contributed by atoms with Crippen molar-refractivity contribution in [1.82, 2.24) is 0 Å². The molecule has 0 aromatic rings. The van der Waals surface area contributed by atoms with E-state index < -0.39 is 0 Å². The number of hydrogen-bond acceptors (Lipinski definition) is 1. The molecule has 0 aliphatic rings. The summed E-state index contributed by atoms with van der Waals surface area (Å²) in [5.41, 5.74) is 5.99. The van der Waals surface area contributed by atoms with Gasteiger partial charge in [-0.2, -0.15) is 0 Å². The smallest absolute Gasteiger partial charge is 0.0103 e. The van der Waals surface area contributed by atoms with Gasteiger partial charge in [0.05, 0.1) is 0 Å². The molecule has 2 N–H and O–H groups in total. The van der Waals surface area contributed by atoms with E-state index in [1.165, 1.54) is 0 Å². The Hall–Kier alpha value is -0.480. The molecule has 0 amide bonds. The van der Waals surface area contributed by atoms with Gasteiger partial charge >= 0.3 is 0 Å². The fraction of sp³-hybridized carbons (Fsp3) is 0.818. The average molecular weight is 167 g/mol. The van der Waals surface area contributed by atoms with Crippen LogP contribution in [0.5, 0.6) is 0 Å². The summed E-state index contributed by atoms with van der Waals surface area (Å²) in [6, 6.07) is 0.311. The van der Waals surface area contributed by atoms with Crippen LogP contribution < -0.4 is 5.73 Å². The molecule has 0 rings (SSSR count). The van der Waals surface area contributed by atoms with Crippen molar-refractivity contribution in [3.63, 3.8) is 0 Å². The molecule has 0 saturated carbocycles. The Labute approximate surface area is 76.7 Å². The fourth-order valence-electron chi connectivity index (χ4n) is 1.12. The predicted molar refractivity (Wildman–Crippen MR) is 54.7 cm³/mol. The molecule has 70 valence electrons.